The summed E-state index contributed by atoms with van der Waals surface area (Å²) >= 11 is 0. The Morgan fingerprint density at radius 2 is 2.30 bits per heavy atom. The molecule has 0 amide bonds. The van der Waals surface area contributed by atoms with Crippen molar-refractivity contribution in [2.24, 2.45) is 10.7 Å². The number of nitrogens with one attached hydrogen (secondary N) is 1. The van der Waals surface area contributed by atoms with Crippen molar-refractivity contribution < 1.29 is 9.90 Å². The largest absolute Gasteiger partial charge is 0.481 e. The van der Waals surface area contributed by atoms with Gasteiger partial charge in [-0.15, -0.1) is 0 Å². The molecule has 1 aromatic rings. The zero-order valence-corrected chi connectivity index (χ0v) is 13.3. The van der Waals surface area contributed by atoms with Gasteiger partial charge in [0, 0.05) is 30.7 Å². The van der Waals surface area contributed by atoms with Gasteiger partial charge in [0.05, 0.1) is 6.42 Å². The Hall–Kier alpha value is -2.37. The molecule has 0 aromatic carbocycles. The molecule has 6 heteroatoms. The Bertz CT molecular complexity index is 596. The van der Waals surface area contributed by atoms with Crippen LogP contribution in [-0.2, 0) is 17.6 Å². The van der Waals surface area contributed by atoms with E-state index in [1.807, 2.05) is 0 Å². The number of hydrogen-bond acceptors (Lipinski definition) is 5. The van der Waals surface area contributed by atoms with Gasteiger partial charge in [0.25, 0.3) is 0 Å². The van der Waals surface area contributed by atoms with Crippen LogP contribution in [0.25, 0.3) is 0 Å². The Morgan fingerprint density at radius 1 is 1.43 bits per heavy atom. The van der Waals surface area contributed by atoms with E-state index >= 15 is 0 Å². The molecule has 4 N–H and O–H groups in total. The van der Waals surface area contributed by atoms with E-state index in [4.69, 9.17) is 10.8 Å². The van der Waals surface area contributed by atoms with Crippen LogP contribution in [-0.4, -0.2) is 35.4 Å². The van der Waals surface area contributed by atoms with Crippen LogP contribution >= 0.6 is 0 Å². The summed E-state index contributed by atoms with van der Waals surface area (Å²) in [5.74, 6) is 0.189. The lowest BCUT2D eigenvalue weighted by Crippen LogP contribution is -2.14. The summed E-state index contributed by atoms with van der Waals surface area (Å²) in [6.07, 6.45) is 8.23. The zero-order valence-electron chi connectivity index (χ0n) is 13.3. The molecule has 6 nitrogen and oxygen atoms in total. The van der Waals surface area contributed by atoms with Gasteiger partial charge in [-0.3, -0.25) is 9.79 Å². The van der Waals surface area contributed by atoms with Crippen molar-refractivity contribution >= 4 is 18.0 Å². The molecule has 1 aliphatic heterocycles. The van der Waals surface area contributed by atoms with Gasteiger partial charge in [0.2, 0.25) is 0 Å². The van der Waals surface area contributed by atoms with Crippen LogP contribution in [0.15, 0.2) is 28.9 Å². The van der Waals surface area contributed by atoms with Crippen LogP contribution < -0.4 is 11.1 Å². The summed E-state index contributed by atoms with van der Waals surface area (Å²) < 4.78 is 0. The van der Waals surface area contributed by atoms with Crippen LogP contribution in [0.5, 0.6) is 0 Å². The summed E-state index contributed by atoms with van der Waals surface area (Å²) in [5, 5.41) is 11.8. The number of aromatic nitrogens is 1. The van der Waals surface area contributed by atoms with Gasteiger partial charge in [0.15, 0.2) is 0 Å². The predicted molar refractivity (Wildman–Crippen MR) is 91.9 cm³/mol. The average molecular weight is 316 g/mol. The number of aliphatic imine (C=N–C) groups is 1. The minimum absolute atomic E-state index is 0.0439. The van der Waals surface area contributed by atoms with E-state index < -0.39 is 5.97 Å². The van der Waals surface area contributed by atoms with Crippen LogP contribution in [0.4, 0.5) is 5.82 Å². The second-order valence-corrected chi connectivity index (χ2v) is 5.63. The first-order chi connectivity index (χ1) is 11.1. The quantitative estimate of drug-likeness (QED) is 0.638. The topological polar surface area (TPSA) is 101 Å². The summed E-state index contributed by atoms with van der Waals surface area (Å²) in [6.45, 7) is 1.28. The highest BCUT2D eigenvalue weighted by Gasteiger charge is 2.09. The smallest absolute Gasteiger partial charge is 0.305 e. The molecule has 124 valence electrons. The van der Waals surface area contributed by atoms with E-state index in [0.29, 0.717) is 0 Å². The summed E-state index contributed by atoms with van der Waals surface area (Å²) in [5.41, 5.74) is 9.05. The molecule has 0 spiro atoms. The molecule has 0 saturated heterocycles. The van der Waals surface area contributed by atoms with E-state index in [9.17, 15) is 4.79 Å². The van der Waals surface area contributed by atoms with Gasteiger partial charge in [-0.05, 0) is 49.8 Å². The van der Waals surface area contributed by atoms with Crippen molar-refractivity contribution in [1.82, 2.24) is 4.98 Å². The molecule has 0 radical (unpaired) electrons. The lowest BCUT2D eigenvalue weighted by molar-refractivity contribution is -0.136. The van der Waals surface area contributed by atoms with Crippen molar-refractivity contribution in [3.8, 4) is 0 Å². The van der Waals surface area contributed by atoms with E-state index in [1.54, 1.807) is 12.3 Å². The van der Waals surface area contributed by atoms with Crippen molar-refractivity contribution in [2.45, 2.75) is 38.5 Å². The van der Waals surface area contributed by atoms with Crippen molar-refractivity contribution in [1.29, 1.82) is 0 Å². The van der Waals surface area contributed by atoms with Gasteiger partial charge >= 0.3 is 5.97 Å². The number of aliphatic carboxylic acids is 1. The fourth-order valence-corrected chi connectivity index (χ4v) is 2.45. The van der Waals surface area contributed by atoms with E-state index in [2.05, 4.69) is 27.4 Å². The first kappa shape index (κ1) is 17.0. The number of aryl methyl sites for hydroxylation is 2. The number of carboxylic acids is 1. The number of fused-ring (bicyclic) bond motifs is 1. The van der Waals surface area contributed by atoms with Crippen molar-refractivity contribution in [3.63, 3.8) is 0 Å². The maximum Gasteiger partial charge on any atom is 0.305 e. The van der Waals surface area contributed by atoms with Gasteiger partial charge in [-0.1, -0.05) is 6.07 Å². The fraction of sp³-hybridized carbons (Fsp3) is 0.471. The lowest BCUT2D eigenvalue weighted by Gasteiger charge is -2.17. The Labute approximate surface area is 136 Å². The standard InChI is InChI=1S/C17H24N4O2/c18-14(8-11-19-12-9-16(22)23)4-1-5-15-7-6-13-3-2-10-20-17(13)21-15/h6-8,11H,1-5,9-10,12,18H2,(H,20,21)(H,22,23). The highest BCUT2D eigenvalue weighted by molar-refractivity contribution is 5.72. The minimum atomic E-state index is -0.842. The molecule has 0 unspecified atom stereocenters. The molecular weight excluding hydrogens is 292 g/mol. The molecule has 2 heterocycles. The number of nitrogens with two attached hydrogens (primary N) is 1. The first-order valence-corrected chi connectivity index (χ1v) is 8.04. The summed E-state index contributed by atoms with van der Waals surface area (Å²) in [7, 11) is 0. The molecule has 0 saturated carbocycles. The normalized spacial score (nSPS) is 14.5. The van der Waals surface area contributed by atoms with Crippen LogP contribution in [0.1, 0.15) is 36.9 Å². The number of allylic oxidation sites excluding steroid dienone is 2. The second kappa shape index (κ2) is 8.92. The lowest BCUT2D eigenvalue weighted by atomic mass is 10.1. The molecule has 23 heavy (non-hydrogen) atoms. The van der Waals surface area contributed by atoms with Crippen LogP contribution in [0, 0.1) is 0 Å². The first-order valence-electron chi connectivity index (χ1n) is 8.04. The third-order valence-corrected chi connectivity index (χ3v) is 3.70. The summed E-state index contributed by atoms with van der Waals surface area (Å²) in [4.78, 5) is 19.0. The highest BCUT2D eigenvalue weighted by Crippen LogP contribution is 2.20. The number of hydrogen-bond donors (Lipinski definition) is 3. The minimum Gasteiger partial charge on any atom is -0.481 e. The second-order valence-electron chi connectivity index (χ2n) is 5.63. The predicted octanol–water partition coefficient (Wildman–Crippen LogP) is 2.15. The van der Waals surface area contributed by atoms with E-state index in [-0.39, 0.29) is 13.0 Å². The average Bonchev–Trinajstić information content (AvgIpc) is 2.54. The summed E-state index contributed by atoms with van der Waals surface area (Å²) in [6, 6.07) is 4.26. The maximum absolute atomic E-state index is 10.3. The molecule has 0 fully saturated rings. The Balaban J connectivity index is 1.72. The van der Waals surface area contributed by atoms with E-state index in [1.165, 1.54) is 12.0 Å². The third-order valence-electron chi connectivity index (χ3n) is 3.70. The van der Waals surface area contributed by atoms with Gasteiger partial charge < -0.3 is 16.2 Å². The van der Waals surface area contributed by atoms with Crippen LogP contribution in [0.3, 0.4) is 0 Å². The molecule has 0 bridgehead atoms. The molecule has 2 rings (SSSR count). The molecule has 0 atom stereocenters. The monoisotopic (exact) mass is 316 g/mol. The van der Waals surface area contributed by atoms with Crippen molar-refractivity contribution in [3.05, 3.63) is 35.2 Å². The van der Waals surface area contributed by atoms with Crippen molar-refractivity contribution in [2.75, 3.05) is 18.4 Å². The van der Waals surface area contributed by atoms with Gasteiger partial charge in [-0.2, -0.15) is 0 Å². The fourth-order valence-electron chi connectivity index (χ4n) is 2.45. The zero-order chi connectivity index (χ0) is 16.5. The van der Waals surface area contributed by atoms with Gasteiger partial charge in [0.1, 0.15) is 5.82 Å². The van der Waals surface area contributed by atoms with E-state index in [0.717, 1.165) is 49.4 Å². The molecular formula is C17H24N4O2. The number of anilines is 1. The number of rotatable bonds is 8. The molecule has 0 aliphatic carbocycles. The molecule has 1 aromatic heterocycles. The number of carbonyl (C=O) groups is 1. The Morgan fingerprint density at radius 3 is 3.13 bits per heavy atom. The van der Waals surface area contributed by atoms with Gasteiger partial charge in [-0.25, -0.2) is 4.98 Å². The molecule has 1 aliphatic rings. The number of nitrogens with zero attached hydrogens (tertiary/aromatic N) is 2. The number of carboxylic acid groups (broad SMARTS) is 1. The number of pyridine rings is 1. The SMILES string of the molecule is NC(=CC=NCCC(=O)O)CCCc1ccc2c(n1)NCCC2. The maximum atomic E-state index is 10.3. The Kier molecular flexibility index (Phi) is 6.59. The highest BCUT2D eigenvalue weighted by atomic mass is 16.4. The third kappa shape index (κ3) is 6.10. The van der Waals surface area contributed by atoms with Crippen LogP contribution in [0.2, 0.25) is 0 Å².